The van der Waals surface area contributed by atoms with E-state index in [-0.39, 0.29) is 6.09 Å². The van der Waals surface area contributed by atoms with Gasteiger partial charge in [-0.05, 0) is 18.6 Å². The number of rotatable bonds is 5. The van der Waals surface area contributed by atoms with Gasteiger partial charge in [0.1, 0.15) is 0 Å². The minimum absolute atomic E-state index is 0.277. The first-order valence-electron chi connectivity index (χ1n) is 8.51. The van der Waals surface area contributed by atoms with Crippen molar-refractivity contribution < 1.29 is 9.53 Å². The number of piperazine rings is 1. The monoisotopic (exact) mass is 376 g/mol. The highest BCUT2D eigenvalue weighted by atomic mass is 35.5. The molecule has 0 radical (unpaired) electrons. The maximum atomic E-state index is 11.8. The van der Waals surface area contributed by atoms with Gasteiger partial charge in [-0.2, -0.15) is 10.1 Å². The number of carbonyl (C=O) groups excluding carboxylic acids is 1. The molecule has 9 heteroatoms. The molecule has 1 aromatic heterocycles. The first kappa shape index (κ1) is 18.2. The van der Waals surface area contributed by atoms with E-state index >= 15 is 0 Å². The van der Waals surface area contributed by atoms with Crippen LogP contribution in [0.5, 0.6) is 0 Å². The Kier molecular flexibility index (Phi) is 6.06. The molecule has 0 bridgehead atoms. The average molecular weight is 377 g/mol. The number of nitrogens with zero attached hydrogens (tertiary/aromatic N) is 5. The molecular weight excluding hydrogens is 356 g/mol. The number of ether oxygens (including phenoxy) is 1. The Labute approximate surface area is 157 Å². The Morgan fingerprint density at radius 2 is 2.04 bits per heavy atom. The molecule has 3 rings (SSSR count). The molecule has 1 aromatic carbocycles. The number of anilines is 2. The number of nitrogens with one attached hydrogen (secondary N) is 1. The molecule has 1 aliphatic heterocycles. The summed E-state index contributed by atoms with van der Waals surface area (Å²) in [5.74, 6) is 1.17. The minimum Gasteiger partial charge on any atom is -0.450 e. The number of hydrogen-bond donors (Lipinski definition) is 1. The van der Waals surface area contributed by atoms with Crippen molar-refractivity contribution in [2.45, 2.75) is 13.5 Å². The van der Waals surface area contributed by atoms with Gasteiger partial charge in [0.25, 0.3) is 0 Å². The molecule has 138 valence electrons. The first-order valence-corrected chi connectivity index (χ1v) is 8.89. The lowest BCUT2D eigenvalue weighted by atomic mass is 10.2. The van der Waals surface area contributed by atoms with Crippen molar-refractivity contribution in [2.24, 2.45) is 0 Å². The van der Waals surface area contributed by atoms with Crippen LogP contribution in [0.2, 0.25) is 5.02 Å². The maximum Gasteiger partial charge on any atom is 0.409 e. The summed E-state index contributed by atoms with van der Waals surface area (Å²) in [5, 5.41) is 12.1. The molecule has 26 heavy (non-hydrogen) atoms. The fourth-order valence-corrected chi connectivity index (χ4v) is 2.85. The van der Waals surface area contributed by atoms with E-state index in [2.05, 4.69) is 20.5 Å². The normalized spacial score (nSPS) is 14.2. The zero-order valence-corrected chi connectivity index (χ0v) is 15.3. The first-order chi connectivity index (χ1) is 12.7. The minimum atomic E-state index is -0.277. The van der Waals surface area contributed by atoms with Crippen LogP contribution in [0.15, 0.2) is 30.5 Å². The van der Waals surface area contributed by atoms with E-state index in [9.17, 15) is 4.79 Å². The van der Waals surface area contributed by atoms with Crippen LogP contribution < -0.4 is 10.2 Å². The Balaban J connectivity index is 1.58. The highest BCUT2D eigenvalue weighted by Gasteiger charge is 2.23. The van der Waals surface area contributed by atoms with Crippen molar-refractivity contribution in [2.75, 3.05) is 43.0 Å². The Morgan fingerprint density at radius 3 is 2.77 bits per heavy atom. The van der Waals surface area contributed by atoms with Crippen molar-refractivity contribution in [3.8, 4) is 0 Å². The second-order valence-corrected chi connectivity index (χ2v) is 6.17. The predicted octanol–water partition coefficient (Wildman–Crippen LogP) is 2.42. The molecule has 0 aliphatic carbocycles. The third-order valence-electron chi connectivity index (χ3n) is 4.05. The van der Waals surface area contributed by atoms with Gasteiger partial charge in [-0.3, -0.25) is 0 Å². The summed E-state index contributed by atoms with van der Waals surface area (Å²) >= 11 is 6.17. The Hall–Kier alpha value is -2.61. The van der Waals surface area contributed by atoms with E-state index < -0.39 is 0 Å². The second kappa shape index (κ2) is 8.66. The van der Waals surface area contributed by atoms with Gasteiger partial charge in [0.15, 0.2) is 5.82 Å². The lowest BCUT2D eigenvalue weighted by Crippen LogP contribution is -2.49. The summed E-state index contributed by atoms with van der Waals surface area (Å²) in [5.41, 5.74) is 0.984. The van der Waals surface area contributed by atoms with Crippen LogP contribution in [-0.4, -0.2) is 59.0 Å². The van der Waals surface area contributed by atoms with Crippen LogP contribution in [0.3, 0.4) is 0 Å². The number of carbonyl (C=O) groups is 1. The van der Waals surface area contributed by atoms with Crippen LogP contribution in [0.25, 0.3) is 0 Å². The number of amides is 1. The molecule has 2 heterocycles. The van der Waals surface area contributed by atoms with Gasteiger partial charge in [-0.15, -0.1) is 5.10 Å². The Bertz CT molecular complexity index is 752. The molecule has 2 aromatic rings. The highest BCUT2D eigenvalue weighted by molar-refractivity contribution is 6.31. The highest BCUT2D eigenvalue weighted by Crippen LogP contribution is 2.17. The van der Waals surface area contributed by atoms with E-state index in [1.165, 1.54) is 0 Å². The van der Waals surface area contributed by atoms with Crippen molar-refractivity contribution in [3.63, 3.8) is 0 Å². The van der Waals surface area contributed by atoms with E-state index in [0.717, 1.165) is 5.56 Å². The fraction of sp³-hybridized carbons (Fsp3) is 0.412. The topological polar surface area (TPSA) is 83.5 Å². The SMILES string of the molecule is CCOC(=O)N1CCN(c2nncc(NCc3ccccc3Cl)n2)CC1. The van der Waals surface area contributed by atoms with Crippen LogP contribution in [-0.2, 0) is 11.3 Å². The lowest BCUT2D eigenvalue weighted by Gasteiger charge is -2.33. The third kappa shape index (κ3) is 4.51. The van der Waals surface area contributed by atoms with Crippen molar-refractivity contribution in [1.82, 2.24) is 20.1 Å². The molecule has 8 nitrogen and oxygen atoms in total. The third-order valence-corrected chi connectivity index (χ3v) is 4.42. The van der Waals surface area contributed by atoms with Gasteiger partial charge in [0.2, 0.25) is 5.95 Å². The summed E-state index contributed by atoms with van der Waals surface area (Å²) in [6.07, 6.45) is 1.30. The van der Waals surface area contributed by atoms with Gasteiger partial charge in [0, 0.05) is 37.7 Å². The van der Waals surface area contributed by atoms with Gasteiger partial charge in [-0.1, -0.05) is 29.8 Å². The standard InChI is InChI=1S/C17H21ClN6O2/c1-2-26-17(25)24-9-7-23(8-10-24)16-21-15(12-20-22-16)19-11-13-5-3-4-6-14(13)18/h3-6,12H,2,7-11H2,1H3,(H,19,21,22). The van der Waals surface area contributed by atoms with E-state index in [1.807, 2.05) is 29.2 Å². The van der Waals surface area contributed by atoms with Gasteiger partial charge >= 0.3 is 6.09 Å². The summed E-state index contributed by atoms with van der Waals surface area (Å²) in [6.45, 7) is 5.14. The van der Waals surface area contributed by atoms with E-state index in [1.54, 1.807) is 18.0 Å². The van der Waals surface area contributed by atoms with Crippen LogP contribution in [0.1, 0.15) is 12.5 Å². The largest absolute Gasteiger partial charge is 0.450 e. The number of benzene rings is 1. The van der Waals surface area contributed by atoms with Gasteiger partial charge < -0.3 is 19.9 Å². The van der Waals surface area contributed by atoms with Gasteiger partial charge in [-0.25, -0.2) is 4.79 Å². The molecule has 1 N–H and O–H groups in total. The summed E-state index contributed by atoms with van der Waals surface area (Å²) < 4.78 is 5.03. The smallest absolute Gasteiger partial charge is 0.409 e. The molecule has 1 aliphatic rings. The van der Waals surface area contributed by atoms with Crippen LogP contribution >= 0.6 is 11.6 Å². The summed E-state index contributed by atoms with van der Waals surface area (Å²) in [4.78, 5) is 20.0. The lowest BCUT2D eigenvalue weighted by molar-refractivity contribution is 0.105. The molecule has 1 fully saturated rings. The average Bonchev–Trinajstić information content (AvgIpc) is 2.68. The van der Waals surface area contributed by atoms with Crippen molar-refractivity contribution >= 4 is 29.5 Å². The molecule has 0 unspecified atom stereocenters. The molecule has 0 spiro atoms. The zero-order chi connectivity index (χ0) is 18.4. The summed E-state index contributed by atoms with van der Waals surface area (Å²) in [7, 11) is 0. The molecule has 1 saturated heterocycles. The molecule has 1 amide bonds. The van der Waals surface area contributed by atoms with Crippen LogP contribution in [0.4, 0.5) is 16.6 Å². The van der Waals surface area contributed by atoms with E-state index in [0.29, 0.717) is 56.1 Å². The zero-order valence-electron chi connectivity index (χ0n) is 14.6. The number of aromatic nitrogens is 3. The van der Waals surface area contributed by atoms with Crippen LogP contribution in [0, 0.1) is 0 Å². The molecule has 0 saturated carbocycles. The quantitative estimate of drug-likeness (QED) is 0.857. The maximum absolute atomic E-state index is 11.8. The number of hydrogen-bond acceptors (Lipinski definition) is 7. The van der Waals surface area contributed by atoms with Crippen molar-refractivity contribution in [3.05, 3.63) is 41.0 Å². The summed E-state index contributed by atoms with van der Waals surface area (Å²) in [6, 6.07) is 7.65. The fourth-order valence-electron chi connectivity index (χ4n) is 2.64. The molecular formula is C17H21ClN6O2. The second-order valence-electron chi connectivity index (χ2n) is 5.76. The molecule has 0 atom stereocenters. The van der Waals surface area contributed by atoms with Gasteiger partial charge in [0.05, 0.1) is 12.8 Å². The Morgan fingerprint density at radius 1 is 1.27 bits per heavy atom. The van der Waals surface area contributed by atoms with E-state index in [4.69, 9.17) is 16.3 Å². The number of halogens is 1. The predicted molar refractivity (Wildman–Crippen MR) is 99.4 cm³/mol. The van der Waals surface area contributed by atoms with Crippen molar-refractivity contribution in [1.29, 1.82) is 0 Å².